The molecule has 0 saturated heterocycles. The van der Waals surface area contributed by atoms with Gasteiger partial charge in [0.1, 0.15) is 0 Å². The maximum absolute atomic E-state index is 2.44. The van der Waals surface area contributed by atoms with E-state index in [-0.39, 0.29) is 0 Å². The van der Waals surface area contributed by atoms with Gasteiger partial charge in [-0.1, -0.05) is 31.2 Å². The summed E-state index contributed by atoms with van der Waals surface area (Å²) in [6.45, 7) is 2.32. The third-order valence-electron chi connectivity index (χ3n) is 3.41. The highest BCUT2D eigenvalue weighted by Crippen LogP contribution is 2.38. The van der Waals surface area contributed by atoms with Crippen LogP contribution >= 0.6 is 0 Å². The van der Waals surface area contributed by atoms with E-state index >= 15 is 0 Å². The second-order valence-corrected chi connectivity index (χ2v) is 4.07. The second kappa shape index (κ2) is 3.47. The Kier molecular flexibility index (Phi) is 2.34. The molecule has 2 rings (SSSR count). The van der Waals surface area contributed by atoms with Gasteiger partial charge in [0, 0.05) is 0 Å². The zero-order chi connectivity index (χ0) is 8.39. The number of allylic oxidation sites excluding steroid dienone is 4. The van der Waals surface area contributed by atoms with Crippen molar-refractivity contribution in [2.24, 2.45) is 17.8 Å². The molecule has 3 unspecified atom stereocenters. The molecule has 0 aromatic carbocycles. The molecule has 0 heteroatoms. The molecule has 0 radical (unpaired) electrons. The van der Waals surface area contributed by atoms with Crippen LogP contribution in [-0.4, -0.2) is 0 Å². The smallest absolute Gasteiger partial charge is 0.0165 e. The van der Waals surface area contributed by atoms with Crippen LogP contribution in [0.15, 0.2) is 24.3 Å². The lowest BCUT2D eigenvalue weighted by molar-refractivity contribution is 0.257. The quantitative estimate of drug-likeness (QED) is 0.517. The van der Waals surface area contributed by atoms with Crippen molar-refractivity contribution in [3.63, 3.8) is 0 Å². The van der Waals surface area contributed by atoms with Gasteiger partial charge in [-0.05, 0) is 43.4 Å². The molecule has 12 heavy (non-hydrogen) atoms. The molecule has 0 bridgehead atoms. The first kappa shape index (κ1) is 8.10. The van der Waals surface area contributed by atoms with Crippen molar-refractivity contribution in [2.75, 3.05) is 0 Å². The van der Waals surface area contributed by atoms with Crippen LogP contribution in [0.2, 0.25) is 0 Å². The van der Waals surface area contributed by atoms with Gasteiger partial charge in [-0.15, -0.1) is 0 Å². The number of rotatable bonds is 1. The lowest BCUT2D eigenvalue weighted by atomic mass is 9.70. The van der Waals surface area contributed by atoms with Crippen molar-refractivity contribution in [1.82, 2.24) is 0 Å². The molecule has 0 aromatic rings. The lowest BCUT2D eigenvalue weighted by Gasteiger charge is -2.35. The minimum atomic E-state index is 0.869. The molecule has 0 heterocycles. The molecule has 0 N–H and O–H groups in total. The fraction of sp³-hybridized carbons (Fsp3) is 0.667. The van der Waals surface area contributed by atoms with Crippen LogP contribution in [0.3, 0.4) is 0 Å². The average Bonchev–Trinajstić information content (AvgIpc) is 2.17. The first-order valence-electron chi connectivity index (χ1n) is 5.25. The summed E-state index contributed by atoms with van der Waals surface area (Å²) in [5.74, 6) is 2.70. The van der Waals surface area contributed by atoms with E-state index in [9.17, 15) is 0 Å². The molecule has 0 fully saturated rings. The van der Waals surface area contributed by atoms with E-state index in [1.165, 1.54) is 25.7 Å². The van der Waals surface area contributed by atoms with E-state index < -0.39 is 0 Å². The van der Waals surface area contributed by atoms with Gasteiger partial charge < -0.3 is 0 Å². The first-order chi connectivity index (χ1) is 5.92. The van der Waals surface area contributed by atoms with Crippen molar-refractivity contribution in [1.29, 1.82) is 0 Å². The van der Waals surface area contributed by atoms with Gasteiger partial charge in [-0.2, -0.15) is 0 Å². The number of hydrogen-bond acceptors (Lipinski definition) is 0. The van der Waals surface area contributed by atoms with Crippen molar-refractivity contribution in [3.8, 4) is 0 Å². The second-order valence-electron chi connectivity index (χ2n) is 4.07. The summed E-state index contributed by atoms with van der Waals surface area (Å²) >= 11 is 0. The summed E-state index contributed by atoms with van der Waals surface area (Å²) in [5.41, 5.74) is 0. The Labute approximate surface area is 75.4 Å². The predicted molar refractivity (Wildman–Crippen MR) is 52.9 cm³/mol. The number of fused-ring (bicyclic) bond motifs is 1. The fourth-order valence-corrected chi connectivity index (χ4v) is 2.69. The van der Waals surface area contributed by atoms with Crippen molar-refractivity contribution < 1.29 is 0 Å². The summed E-state index contributed by atoms with van der Waals surface area (Å²) in [4.78, 5) is 0. The largest absolute Gasteiger partial charge is 0.0882 e. The standard InChI is InChI=1S/C12H18/c1-2-10-7-5-8-11-6-3-4-9-12(10)11/h3,5-7,10-12H,2,4,8-9H2,1H3. The maximum atomic E-state index is 2.44. The zero-order valence-electron chi connectivity index (χ0n) is 7.87. The predicted octanol–water partition coefficient (Wildman–Crippen LogP) is 3.55. The van der Waals surface area contributed by atoms with Crippen LogP contribution in [0.25, 0.3) is 0 Å². The van der Waals surface area contributed by atoms with E-state index in [0.717, 1.165) is 17.8 Å². The molecule has 0 nitrogen and oxygen atoms in total. The summed E-state index contributed by atoms with van der Waals surface area (Å²) in [7, 11) is 0. The van der Waals surface area contributed by atoms with Gasteiger partial charge in [-0.3, -0.25) is 0 Å². The topological polar surface area (TPSA) is 0 Å². The van der Waals surface area contributed by atoms with E-state index in [1.807, 2.05) is 0 Å². The van der Waals surface area contributed by atoms with E-state index in [0.29, 0.717) is 0 Å². The van der Waals surface area contributed by atoms with Crippen LogP contribution in [0.4, 0.5) is 0 Å². The van der Waals surface area contributed by atoms with Crippen LogP contribution in [0, 0.1) is 17.8 Å². The first-order valence-corrected chi connectivity index (χ1v) is 5.25. The Morgan fingerprint density at radius 1 is 1.25 bits per heavy atom. The molecule has 2 aliphatic carbocycles. The summed E-state index contributed by atoms with van der Waals surface area (Å²) in [5, 5.41) is 0. The minimum absolute atomic E-state index is 0.869. The van der Waals surface area contributed by atoms with Gasteiger partial charge >= 0.3 is 0 Å². The Morgan fingerprint density at radius 2 is 2.17 bits per heavy atom. The SMILES string of the molecule is CCC1C=CCC2C=CCCC12. The molecule has 0 spiro atoms. The van der Waals surface area contributed by atoms with Crippen molar-refractivity contribution in [2.45, 2.75) is 32.6 Å². The van der Waals surface area contributed by atoms with Crippen molar-refractivity contribution in [3.05, 3.63) is 24.3 Å². The van der Waals surface area contributed by atoms with E-state index in [2.05, 4.69) is 31.2 Å². The highest BCUT2D eigenvalue weighted by molar-refractivity contribution is 5.08. The van der Waals surface area contributed by atoms with Crippen LogP contribution in [0.5, 0.6) is 0 Å². The molecular weight excluding hydrogens is 144 g/mol. The molecule has 0 aliphatic heterocycles. The molecule has 2 aliphatic rings. The third kappa shape index (κ3) is 1.35. The maximum Gasteiger partial charge on any atom is -0.0165 e. The van der Waals surface area contributed by atoms with Gasteiger partial charge in [0.25, 0.3) is 0 Å². The molecule has 3 atom stereocenters. The Hall–Kier alpha value is -0.520. The highest BCUT2D eigenvalue weighted by Gasteiger charge is 2.28. The Bertz CT molecular complexity index is 200. The average molecular weight is 162 g/mol. The molecule has 66 valence electrons. The number of hydrogen-bond donors (Lipinski definition) is 0. The van der Waals surface area contributed by atoms with Crippen LogP contribution < -0.4 is 0 Å². The summed E-state index contributed by atoms with van der Waals surface area (Å²) < 4.78 is 0. The lowest BCUT2D eigenvalue weighted by Crippen LogP contribution is -2.25. The van der Waals surface area contributed by atoms with Gasteiger partial charge in [-0.25, -0.2) is 0 Å². The Morgan fingerprint density at radius 3 is 3.00 bits per heavy atom. The van der Waals surface area contributed by atoms with E-state index in [4.69, 9.17) is 0 Å². The Balaban J connectivity index is 2.14. The summed E-state index contributed by atoms with van der Waals surface area (Å²) in [6, 6.07) is 0. The molecule has 0 amide bonds. The third-order valence-corrected chi connectivity index (χ3v) is 3.41. The van der Waals surface area contributed by atoms with Crippen LogP contribution in [-0.2, 0) is 0 Å². The van der Waals surface area contributed by atoms with Gasteiger partial charge in [0.05, 0.1) is 0 Å². The zero-order valence-corrected chi connectivity index (χ0v) is 7.87. The highest BCUT2D eigenvalue weighted by atomic mass is 14.3. The monoisotopic (exact) mass is 162 g/mol. The van der Waals surface area contributed by atoms with Gasteiger partial charge in [0.2, 0.25) is 0 Å². The normalized spacial score (nSPS) is 39.6. The molecule has 0 aromatic heterocycles. The van der Waals surface area contributed by atoms with Crippen molar-refractivity contribution >= 4 is 0 Å². The molecular formula is C12H18. The van der Waals surface area contributed by atoms with Crippen LogP contribution in [0.1, 0.15) is 32.6 Å². The van der Waals surface area contributed by atoms with E-state index in [1.54, 1.807) is 0 Å². The van der Waals surface area contributed by atoms with Gasteiger partial charge in [0.15, 0.2) is 0 Å². The fourth-order valence-electron chi connectivity index (χ4n) is 2.69. The summed E-state index contributed by atoms with van der Waals surface area (Å²) in [6.07, 6.45) is 15.0. The minimum Gasteiger partial charge on any atom is -0.0882 e. The molecule has 0 saturated carbocycles.